The predicted molar refractivity (Wildman–Crippen MR) is 254 cm³/mol. The summed E-state index contributed by atoms with van der Waals surface area (Å²) in [5, 5.41) is 0. The fourth-order valence-corrected chi connectivity index (χ4v) is 13.6. The second-order valence-electron chi connectivity index (χ2n) is 19.3. The van der Waals surface area contributed by atoms with E-state index in [1.54, 1.807) is 11.1 Å². The van der Waals surface area contributed by atoms with Gasteiger partial charge in [0.05, 0.1) is 5.69 Å². The van der Waals surface area contributed by atoms with Crippen molar-refractivity contribution in [3.63, 3.8) is 0 Å². The van der Waals surface area contributed by atoms with Gasteiger partial charge in [-0.1, -0.05) is 159 Å². The molecule has 14 rings (SSSR count). The Kier molecular flexibility index (Phi) is 7.55. The van der Waals surface area contributed by atoms with E-state index in [-0.39, 0.29) is 10.8 Å². The highest BCUT2D eigenvalue weighted by molar-refractivity contribution is 5.95. The van der Waals surface area contributed by atoms with Crippen molar-refractivity contribution in [2.45, 2.75) is 50.4 Å². The SMILES string of the molecule is CC1(C)c2ccccc2-c2ccc(N(c3ccc4c(c3)-c3cc(-c5ccccc5)ccc3C43C4CC5CC(C4)C3C5)c3ccc(-c4ccccc4)cc3-c3ccccc3)cc21. The van der Waals surface area contributed by atoms with E-state index in [2.05, 4.69) is 207 Å². The lowest BCUT2D eigenvalue weighted by molar-refractivity contribution is 0.191. The minimum Gasteiger partial charge on any atom is -0.310 e. The average Bonchev–Trinajstić information content (AvgIpc) is 3.93. The fourth-order valence-electron chi connectivity index (χ4n) is 13.6. The third kappa shape index (κ3) is 5.01. The molecule has 0 N–H and O–H groups in total. The largest absolute Gasteiger partial charge is 0.310 e. The molecule has 8 aromatic carbocycles. The van der Waals surface area contributed by atoms with Crippen molar-refractivity contribution in [2.24, 2.45) is 23.7 Å². The van der Waals surface area contributed by atoms with Gasteiger partial charge in [-0.05, 0) is 164 Å². The first kappa shape index (κ1) is 35.3. The highest BCUT2D eigenvalue weighted by atomic mass is 15.1. The van der Waals surface area contributed by atoms with Crippen LogP contribution in [0.5, 0.6) is 0 Å². The van der Waals surface area contributed by atoms with E-state index in [1.165, 1.54) is 110 Å². The molecule has 8 aromatic rings. The zero-order valence-electron chi connectivity index (χ0n) is 35.0. The molecule has 1 nitrogen and oxygen atoms in total. The van der Waals surface area contributed by atoms with E-state index in [4.69, 9.17) is 0 Å². The lowest BCUT2D eigenvalue weighted by Gasteiger charge is -2.44. The molecule has 4 bridgehead atoms. The molecule has 1 heteroatoms. The Morgan fingerprint density at radius 2 is 0.967 bits per heavy atom. The zero-order chi connectivity index (χ0) is 40.5. The van der Waals surface area contributed by atoms with Crippen LogP contribution in [-0.2, 0) is 10.8 Å². The van der Waals surface area contributed by atoms with E-state index in [0.717, 1.165) is 23.7 Å². The van der Waals surface area contributed by atoms with Gasteiger partial charge in [0, 0.05) is 27.8 Å². The Labute approximate surface area is 360 Å². The molecule has 0 radical (unpaired) electrons. The maximum atomic E-state index is 2.59. The highest BCUT2D eigenvalue weighted by Crippen LogP contribution is 2.73. The van der Waals surface area contributed by atoms with Gasteiger partial charge in [-0.2, -0.15) is 0 Å². The molecule has 6 aliphatic carbocycles. The first-order valence-electron chi connectivity index (χ1n) is 22.6. The number of fused-ring (bicyclic) bond motifs is 6. The Bertz CT molecular complexity index is 3030. The van der Waals surface area contributed by atoms with Gasteiger partial charge in [0.1, 0.15) is 0 Å². The summed E-state index contributed by atoms with van der Waals surface area (Å²) < 4.78 is 0. The van der Waals surface area contributed by atoms with E-state index >= 15 is 0 Å². The molecule has 1 spiro atoms. The number of hydrogen-bond donors (Lipinski definition) is 0. The summed E-state index contributed by atoms with van der Waals surface area (Å²) in [7, 11) is 0. The highest BCUT2D eigenvalue weighted by Gasteiger charge is 2.66. The van der Waals surface area contributed by atoms with Gasteiger partial charge < -0.3 is 4.90 Å². The molecule has 4 fully saturated rings. The summed E-state index contributed by atoms with van der Waals surface area (Å²) in [6.45, 7) is 4.80. The Hall–Kier alpha value is -6.44. The van der Waals surface area contributed by atoms with Gasteiger partial charge >= 0.3 is 0 Å². The number of nitrogens with zero attached hydrogens (tertiary/aromatic N) is 1. The van der Waals surface area contributed by atoms with Crippen LogP contribution in [-0.4, -0.2) is 0 Å². The van der Waals surface area contributed by atoms with Crippen molar-refractivity contribution in [2.75, 3.05) is 4.90 Å². The summed E-state index contributed by atoms with van der Waals surface area (Å²) in [6.07, 6.45) is 5.58. The van der Waals surface area contributed by atoms with Crippen LogP contribution in [0.1, 0.15) is 61.8 Å². The van der Waals surface area contributed by atoms with Gasteiger partial charge in [0.15, 0.2) is 0 Å². The summed E-state index contributed by atoms with van der Waals surface area (Å²) in [5.41, 5.74) is 22.6. The molecular weight excluding hydrogens is 735 g/mol. The summed E-state index contributed by atoms with van der Waals surface area (Å²) in [4.78, 5) is 2.58. The van der Waals surface area contributed by atoms with Crippen LogP contribution < -0.4 is 4.90 Å². The number of hydrogen-bond acceptors (Lipinski definition) is 1. The molecule has 6 aliphatic rings. The second-order valence-corrected chi connectivity index (χ2v) is 19.3. The van der Waals surface area contributed by atoms with Crippen LogP contribution in [0, 0.1) is 23.7 Å². The third-order valence-corrected chi connectivity index (χ3v) is 16.1. The van der Waals surface area contributed by atoms with Gasteiger partial charge in [0.25, 0.3) is 0 Å². The number of anilines is 3. The van der Waals surface area contributed by atoms with Crippen LogP contribution in [0.2, 0.25) is 0 Å². The first-order valence-corrected chi connectivity index (χ1v) is 22.6. The molecule has 294 valence electrons. The Morgan fingerprint density at radius 3 is 1.69 bits per heavy atom. The lowest BCUT2D eigenvalue weighted by atomic mass is 9.59. The van der Waals surface area contributed by atoms with Crippen molar-refractivity contribution in [3.05, 3.63) is 210 Å². The number of benzene rings is 8. The minimum atomic E-state index is -0.120. The maximum absolute atomic E-state index is 2.59. The minimum absolute atomic E-state index is 0.108. The van der Waals surface area contributed by atoms with E-state index < -0.39 is 0 Å². The van der Waals surface area contributed by atoms with Crippen LogP contribution in [0.3, 0.4) is 0 Å². The van der Waals surface area contributed by atoms with Gasteiger partial charge in [-0.15, -0.1) is 0 Å². The van der Waals surface area contributed by atoms with Crippen molar-refractivity contribution in [3.8, 4) is 55.6 Å². The van der Waals surface area contributed by atoms with Gasteiger partial charge in [0.2, 0.25) is 0 Å². The predicted octanol–water partition coefficient (Wildman–Crippen LogP) is 15.8. The standard InChI is InChI=1S/C60H49N/c1-59(2)53-21-13-12-20-48(53)49-26-24-47(37-57(49)59)61(58-29-23-43(40-16-8-4-9-17-40)34-50(58)41-18-10-5-11-19-41)46-25-28-55-52(36-46)51-35-42(39-14-6-3-7-15-39)22-27-54(51)60(55)45-31-38-30-44(33-45)56(60)32-38/h3-29,34-38,44-45,56H,30-33H2,1-2H3. The Morgan fingerprint density at radius 1 is 0.393 bits per heavy atom. The quantitative estimate of drug-likeness (QED) is 0.162. The van der Waals surface area contributed by atoms with Crippen molar-refractivity contribution in [1.29, 1.82) is 0 Å². The lowest BCUT2D eigenvalue weighted by Crippen LogP contribution is -2.40. The fraction of sp³-hybridized carbons (Fsp3) is 0.200. The average molecular weight is 784 g/mol. The monoisotopic (exact) mass is 783 g/mol. The third-order valence-electron chi connectivity index (χ3n) is 16.1. The van der Waals surface area contributed by atoms with E-state index in [9.17, 15) is 0 Å². The van der Waals surface area contributed by atoms with E-state index in [1.807, 2.05) is 0 Å². The number of rotatable bonds is 6. The molecule has 0 aromatic heterocycles. The van der Waals surface area contributed by atoms with Crippen molar-refractivity contribution in [1.82, 2.24) is 0 Å². The summed E-state index contributed by atoms with van der Waals surface area (Å²) >= 11 is 0. The zero-order valence-corrected chi connectivity index (χ0v) is 35.0. The molecule has 5 unspecified atom stereocenters. The molecule has 0 amide bonds. The second kappa shape index (κ2) is 13.0. The van der Waals surface area contributed by atoms with Crippen LogP contribution in [0.25, 0.3) is 55.6 Å². The molecule has 61 heavy (non-hydrogen) atoms. The van der Waals surface area contributed by atoms with Gasteiger partial charge in [-0.3, -0.25) is 0 Å². The van der Waals surface area contributed by atoms with Crippen LogP contribution in [0.4, 0.5) is 17.1 Å². The smallest absolute Gasteiger partial charge is 0.0540 e. The summed E-state index contributed by atoms with van der Waals surface area (Å²) in [5.74, 6) is 3.21. The maximum Gasteiger partial charge on any atom is 0.0540 e. The molecule has 5 atom stereocenters. The first-order chi connectivity index (χ1) is 30.0. The van der Waals surface area contributed by atoms with Crippen LogP contribution >= 0.6 is 0 Å². The molecular formula is C60H49N. The molecule has 0 heterocycles. The van der Waals surface area contributed by atoms with Crippen LogP contribution in [0.15, 0.2) is 188 Å². The summed E-state index contributed by atoms with van der Waals surface area (Å²) in [6, 6.07) is 71.4. The van der Waals surface area contributed by atoms with Gasteiger partial charge in [-0.25, -0.2) is 0 Å². The normalized spacial score (nSPS) is 22.9. The van der Waals surface area contributed by atoms with E-state index in [0.29, 0.717) is 0 Å². The van der Waals surface area contributed by atoms with Crippen molar-refractivity contribution >= 4 is 17.1 Å². The van der Waals surface area contributed by atoms with Crippen molar-refractivity contribution < 1.29 is 0 Å². The molecule has 0 saturated heterocycles. The Balaban J connectivity index is 1.06. The molecule has 4 saturated carbocycles. The topological polar surface area (TPSA) is 3.24 Å². The molecule has 0 aliphatic heterocycles.